The first-order valence-corrected chi connectivity index (χ1v) is 10.3. The zero-order valence-corrected chi connectivity index (χ0v) is 17.2. The average molecular weight is 426 g/mol. The van der Waals surface area contributed by atoms with Crippen molar-refractivity contribution >= 4 is 39.0 Å². The second kappa shape index (κ2) is 8.31. The van der Waals surface area contributed by atoms with E-state index in [1.807, 2.05) is 18.2 Å². The van der Waals surface area contributed by atoms with E-state index in [2.05, 4.69) is 11.1 Å². The van der Waals surface area contributed by atoms with Gasteiger partial charge < -0.3 is 4.74 Å². The van der Waals surface area contributed by atoms with Gasteiger partial charge in [0.1, 0.15) is 5.82 Å². The third-order valence-corrected chi connectivity index (χ3v) is 5.86. The number of aromatic nitrogens is 1. The van der Waals surface area contributed by atoms with Crippen molar-refractivity contribution < 1.29 is 13.9 Å². The number of rotatable bonds is 5. The lowest BCUT2D eigenvalue weighted by Crippen LogP contribution is -2.05. The van der Waals surface area contributed by atoms with Gasteiger partial charge in [0.15, 0.2) is 0 Å². The van der Waals surface area contributed by atoms with Gasteiger partial charge in [-0.1, -0.05) is 29.8 Å². The first kappa shape index (κ1) is 19.6. The SMILES string of the molecule is CCOC(=O)c1cncc(-c2cccc3cc(Cc4cc(F)cc(Cl)c4)sc23)c1. The fourth-order valence-corrected chi connectivity index (χ4v) is 4.73. The minimum atomic E-state index is -0.385. The molecule has 0 unspecified atom stereocenters. The van der Waals surface area contributed by atoms with E-state index in [0.29, 0.717) is 23.6 Å². The summed E-state index contributed by atoms with van der Waals surface area (Å²) < 4.78 is 19.8. The van der Waals surface area contributed by atoms with Crippen molar-refractivity contribution in [1.29, 1.82) is 0 Å². The molecule has 0 bridgehead atoms. The van der Waals surface area contributed by atoms with E-state index in [1.54, 1.807) is 36.6 Å². The second-order valence-electron chi connectivity index (χ2n) is 6.57. The molecule has 0 amide bonds. The van der Waals surface area contributed by atoms with Crippen LogP contribution < -0.4 is 0 Å². The highest BCUT2D eigenvalue weighted by Crippen LogP contribution is 2.36. The van der Waals surface area contributed by atoms with E-state index >= 15 is 0 Å². The molecule has 0 aliphatic carbocycles. The summed E-state index contributed by atoms with van der Waals surface area (Å²) in [7, 11) is 0. The maximum absolute atomic E-state index is 13.7. The molecule has 3 nitrogen and oxygen atoms in total. The molecule has 6 heteroatoms. The maximum Gasteiger partial charge on any atom is 0.339 e. The number of carbonyl (C=O) groups is 1. The molecular weight excluding hydrogens is 409 g/mol. The minimum Gasteiger partial charge on any atom is -0.462 e. The Labute approximate surface area is 176 Å². The summed E-state index contributed by atoms with van der Waals surface area (Å²) in [5.74, 6) is -0.722. The van der Waals surface area contributed by atoms with Crippen LogP contribution in [0.3, 0.4) is 0 Å². The summed E-state index contributed by atoms with van der Waals surface area (Å²) >= 11 is 7.62. The Morgan fingerprint density at radius 2 is 2.03 bits per heavy atom. The molecule has 2 aromatic carbocycles. The summed E-state index contributed by atoms with van der Waals surface area (Å²) in [4.78, 5) is 17.4. The topological polar surface area (TPSA) is 39.2 Å². The highest BCUT2D eigenvalue weighted by atomic mass is 35.5. The van der Waals surface area contributed by atoms with Gasteiger partial charge in [0.05, 0.1) is 12.2 Å². The standard InChI is InChI=1S/C23H17ClFNO2S/c1-2-28-23(27)17-9-16(12-26-13-17)21-5-3-4-15-10-20(29-22(15)21)8-14-6-18(24)11-19(25)7-14/h3-7,9-13H,2,8H2,1H3. The van der Waals surface area contributed by atoms with Crippen LogP contribution in [-0.2, 0) is 11.2 Å². The number of thiophene rings is 1. The smallest absolute Gasteiger partial charge is 0.339 e. The number of pyridine rings is 1. The molecule has 2 aromatic heterocycles. The monoisotopic (exact) mass is 425 g/mol. The fraction of sp³-hybridized carbons (Fsp3) is 0.130. The van der Waals surface area contributed by atoms with Gasteiger partial charge in [-0.25, -0.2) is 9.18 Å². The Balaban J connectivity index is 1.72. The first-order valence-electron chi connectivity index (χ1n) is 9.12. The Kier molecular flexibility index (Phi) is 5.60. The molecule has 4 aromatic rings. The van der Waals surface area contributed by atoms with E-state index in [4.69, 9.17) is 16.3 Å². The van der Waals surface area contributed by atoms with Crippen molar-refractivity contribution in [2.75, 3.05) is 6.61 Å². The number of esters is 1. The Hall–Kier alpha value is -2.76. The number of benzene rings is 2. The van der Waals surface area contributed by atoms with Gasteiger partial charge in [-0.2, -0.15) is 0 Å². The van der Waals surface area contributed by atoms with Gasteiger partial charge in [-0.15, -0.1) is 11.3 Å². The van der Waals surface area contributed by atoms with Crippen molar-refractivity contribution in [1.82, 2.24) is 4.98 Å². The molecule has 0 saturated carbocycles. The summed E-state index contributed by atoms with van der Waals surface area (Å²) in [6.07, 6.45) is 3.84. The third-order valence-electron chi connectivity index (χ3n) is 4.46. The molecule has 146 valence electrons. The van der Waals surface area contributed by atoms with Gasteiger partial charge in [0.2, 0.25) is 0 Å². The van der Waals surface area contributed by atoms with Crippen LogP contribution in [0.5, 0.6) is 0 Å². The summed E-state index contributed by atoms with van der Waals surface area (Å²) in [6, 6.07) is 14.5. The molecule has 4 rings (SSSR count). The van der Waals surface area contributed by atoms with Crippen molar-refractivity contribution in [3.8, 4) is 11.1 Å². The van der Waals surface area contributed by atoms with Crippen LogP contribution in [0, 0.1) is 5.82 Å². The van der Waals surface area contributed by atoms with Gasteiger partial charge in [-0.3, -0.25) is 4.98 Å². The molecule has 2 heterocycles. The Morgan fingerprint density at radius 1 is 1.17 bits per heavy atom. The lowest BCUT2D eigenvalue weighted by Gasteiger charge is -2.06. The molecule has 29 heavy (non-hydrogen) atoms. The maximum atomic E-state index is 13.7. The Bertz CT molecular complexity index is 1180. The normalized spacial score (nSPS) is 11.0. The average Bonchev–Trinajstić information content (AvgIpc) is 3.09. The summed E-state index contributed by atoms with van der Waals surface area (Å²) in [6.45, 7) is 2.09. The van der Waals surface area contributed by atoms with Crippen LogP contribution in [0.1, 0.15) is 27.7 Å². The van der Waals surface area contributed by atoms with Gasteiger partial charge in [0.25, 0.3) is 0 Å². The van der Waals surface area contributed by atoms with Crippen molar-refractivity contribution in [3.05, 3.63) is 87.8 Å². The zero-order chi connectivity index (χ0) is 20.4. The first-order chi connectivity index (χ1) is 14.0. The molecule has 0 atom stereocenters. The largest absolute Gasteiger partial charge is 0.462 e. The predicted octanol–water partition coefficient (Wildman–Crippen LogP) is 6.52. The Morgan fingerprint density at radius 3 is 2.83 bits per heavy atom. The fourth-order valence-electron chi connectivity index (χ4n) is 3.26. The molecule has 0 spiro atoms. The zero-order valence-electron chi connectivity index (χ0n) is 15.6. The molecular formula is C23H17ClFNO2S. The molecule has 0 N–H and O–H groups in total. The molecule has 0 aliphatic rings. The quantitative estimate of drug-likeness (QED) is 0.341. The van der Waals surface area contributed by atoms with Crippen molar-refractivity contribution in [2.24, 2.45) is 0 Å². The highest BCUT2D eigenvalue weighted by Gasteiger charge is 2.13. The van der Waals surface area contributed by atoms with E-state index in [0.717, 1.165) is 31.7 Å². The van der Waals surface area contributed by atoms with E-state index in [1.165, 1.54) is 18.3 Å². The van der Waals surface area contributed by atoms with Crippen LogP contribution >= 0.6 is 22.9 Å². The van der Waals surface area contributed by atoms with Crippen LogP contribution in [0.15, 0.2) is 60.9 Å². The predicted molar refractivity (Wildman–Crippen MR) is 115 cm³/mol. The van der Waals surface area contributed by atoms with E-state index in [9.17, 15) is 9.18 Å². The number of halogens is 2. The van der Waals surface area contributed by atoms with Crippen LogP contribution in [0.25, 0.3) is 21.2 Å². The number of ether oxygens (including phenoxy) is 1. The van der Waals surface area contributed by atoms with Gasteiger partial charge >= 0.3 is 5.97 Å². The number of fused-ring (bicyclic) bond motifs is 1. The van der Waals surface area contributed by atoms with Crippen molar-refractivity contribution in [2.45, 2.75) is 13.3 Å². The van der Waals surface area contributed by atoms with Crippen LogP contribution in [0.2, 0.25) is 5.02 Å². The van der Waals surface area contributed by atoms with Crippen LogP contribution in [0.4, 0.5) is 4.39 Å². The van der Waals surface area contributed by atoms with E-state index in [-0.39, 0.29) is 11.8 Å². The number of hydrogen-bond donors (Lipinski definition) is 0. The second-order valence-corrected chi connectivity index (χ2v) is 8.15. The molecule has 0 saturated heterocycles. The number of hydrogen-bond acceptors (Lipinski definition) is 4. The van der Waals surface area contributed by atoms with Gasteiger partial charge in [-0.05, 0) is 48.2 Å². The van der Waals surface area contributed by atoms with E-state index < -0.39 is 0 Å². The highest BCUT2D eigenvalue weighted by molar-refractivity contribution is 7.19. The molecule has 0 fully saturated rings. The summed E-state index contributed by atoms with van der Waals surface area (Å²) in [5.41, 5.74) is 3.10. The van der Waals surface area contributed by atoms with Gasteiger partial charge in [0, 0.05) is 44.5 Å². The molecule has 0 radical (unpaired) electrons. The molecule has 0 aliphatic heterocycles. The number of carbonyl (C=O) groups excluding carboxylic acids is 1. The van der Waals surface area contributed by atoms with Crippen LogP contribution in [-0.4, -0.2) is 17.6 Å². The lowest BCUT2D eigenvalue weighted by molar-refractivity contribution is 0.0526. The number of nitrogens with zero attached hydrogens (tertiary/aromatic N) is 1. The van der Waals surface area contributed by atoms with Crippen molar-refractivity contribution in [3.63, 3.8) is 0 Å². The third kappa shape index (κ3) is 4.31. The summed E-state index contributed by atoms with van der Waals surface area (Å²) in [5, 5.41) is 1.48. The minimum absolute atomic E-state index is 0.316. The lowest BCUT2D eigenvalue weighted by atomic mass is 10.0.